The van der Waals surface area contributed by atoms with Gasteiger partial charge in [-0.2, -0.15) is 0 Å². The molecule has 0 aromatic heterocycles. The van der Waals surface area contributed by atoms with Crippen LogP contribution in [0.4, 0.5) is 0 Å². The first-order valence-corrected chi connectivity index (χ1v) is 11.8. The largest absolute Gasteiger partial charge is 0.457 e. The lowest BCUT2D eigenvalue weighted by Crippen LogP contribution is -2.61. The third-order valence-corrected chi connectivity index (χ3v) is 6.23. The summed E-state index contributed by atoms with van der Waals surface area (Å²) >= 11 is 0. The molecule has 0 radical (unpaired) electrons. The van der Waals surface area contributed by atoms with E-state index in [1.54, 1.807) is 24.3 Å². The third kappa shape index (κ3) is 6.63. The summed E-state index contributed by atoms with van der Waals surface area (Å²) in [5, 5.41) is 70.2. The van der Waals surface area contributed by atoms with E-state index in [1.165, 1.54) is 0 Å². The van der Waals surface area contributed by atoms with Crippen LogP contribution >= 0.6 is 0 Å². The van der Waals surface area contributed by atoms with Crippen LogP contribution in [-0.2, 0) is 25.6 Å². The van der Waals surface area contributed by atoms with Gasteiger partial charge in [0.15, 0.2) is 12.6 Å². The molecule has 2 heterocycles. The van der Waals surface area contributed by atoms with E-state index in [2.05, 4.69) is 0 Å². The predicted molar refractivity (Wildman–Crippen MR) is 124 cm³/mol. The Balaban J connectivity index is 1.34. The van der Waals surface area contributed by atoms with Gasteiger partial charge in [-0.15, -0.1) is 0 Å². The van der Waals surface area contributed by atoms with Gasteiger partial charge in [0.25, 0.3) is 0 Å². The highest BCUT2D eigenvalue weighted by molar-refractivity contribution is 5.33. The highest BCUT2D eigenvalue weighted by Gasteiger charge is 2.47. The number of benzene rings is 2. The van der Waals surface area contributed by atoms with E-state index in [-0.39, 0.29) is 6.61 Å². The van der Waals surface area contributed by atoms with Crippen LogP contribution in [-0.4, -0.2) is 110 Å². The lowest BCUT2D eigenvalue weighted by atomic mass is 9.98. The molecule has 4 rings (SSSR count). The predicted octanol–water partition coefficient (Wildman–Crippen LogP) is -1.38. The molecule has 0 amide bonds. The van der Waals surface area contributed by atoms with Gasteiger partial charge in [-0.3, -0.25) is 0 Å². The van der Waals surface area contributed by atoms with Gasteiger partial charge in [0.2, 0.25) is 0 Å². The number of aliphatic hydroxyl groups excluding tert-OH is 7. The smallest absolute Gasteiger partial charge is 0.187 e. The second kappa shape index (κ2) is 12.6. The lowest BCUT2D eigenvalue weighted by Gasteiger charge is -2.42. The fraction of sp³-hybridized carbons (Fsp3) is 0.520. The van der Waals surface area contributed by atoms with Crippen LogP contribution in [0.2, 0.25) is 0 Å². The van der Waals surface area contributed by atoms with Crippen LogP contribution in [0.25, 0.3) is 0 Å². The van der Waals surface area contributed by atoms with Crippen LogP contribution in [0, 0.1) is 0 Å². The van der Waals surface area contributed by atoms with Crippen LogP contribution in [0.3, 0.4) is 0 Å². The molecular formula is C25H32O12. The molecule has 2 aliphatic rings. The van der Waals surface area contributed by atoms with Gasteiger partial charge in [-0.1, -0.05) is 30.3 Å². The van der Waals surface area contributed by atoms with Crippen LogP contribution in [0.5, 0.6) is 11.5 Å². The topological polar surface area (TPSA) is 188 Å². The zero-order valence-electron chi connectivity index (χ0n) is 19.8. The molecule has 2 aromatic rings. The normalized spacial score (nSPS) is 36.3. The fourth-order valence-electron chi connectivity index (χ4n) is 4.09. The molecule has 0 spiro atoms. The van der Waals surface area contributed by atoms with Gasteiger partial charge in [-0.25, -0.2) is 0 Å². The zero-order chi connectivity index (χ0) is 26.5. The first-order chi connectivity index (χ1) is 17.8. The molecule has 2 fully saturated rings. The van der Waals surface area contributed by atoms with Crippen molar-refractivity contribution < 1.29 is 59.4 Å². The van der Waals surface area contributed by atoms with Gasteiger partial charge in [-0.05, 0) is 29.8 Å². The number of ether oxygens (including phenoxy) is 5. The lowest BCUT2D eigenvalue weighted by molar-refractivity contribution is -0.332. The summed E-state index contributed by atoms with van der Waals surface area (Å²) in [6.07, 6.45) is -14.8. The number of hydrogen-bond acceptors (Lipinski definition) is 12. The van der Waals surface area contributed by atoms with Crippen molar-refractivity contribution >= 4 is 0 Å². The summed E-state index contributed by atoms with van der Waals surface area (Å²) in [4.78, 5) is 0. The number of rotatable bonds is 9. The molecule has 0 aliphatic carbocycles. The Bertz CT molecular complexity index is 975. The van der Waals surface area contributed by atoms with E-state index in [0.29, 0.717) is 17.1 Å². The summed E-state index contributed by atoms with van der Waals surface area (Å²) in [5.74, 6) is 1.23. The van der Waals surface area contributed by atoms with Crippen LogP contribution < -0.4 is 4.74 Å². The number of aliphatic hydroxyl groups is 7. The molecule has 0 unspecified atom stereocenters. The Morgan fingerprint density at radius 1 is 0.622 bits per heavy atom. The average Bonchev–Trinajstić information content (AvgIpc) is 2.91. The molecule has 7 N–H and O–H groups in total. The molecule has 0 saturated carbocycles. The first kappa shape index (κ1) is 27.8. The standard InChI is InChI=1S/C25H32O12/c26-10-16-18(27)20(29)22(31)25(36-16)34-12-17-19(28)21(30)23(32)24(37-17)33-11-13-5-4-8-15(9-13)35-14-6-2-1-3-7-14/h1-9,16-32H,10-12H2/t16-,17-,18-,19-,20+,21+,22-,23-,24-,25-/m1/s1. The van der Waals surface area contributed by atoms with Gasteiger partial charge < -0.3 is 59.4 Å². The Morgan fingerprint density at radius 3 is 1.89 bits per heavy atom. The summed E-state index contributed by atoms with van der Waals surface area (Å²) in [7, 11) is 0. The Labute approximate surface area is 212 Å². The fourth-order valence-corrected chi connectivity index (χ4v) is 4.09. The monoisotopic (exact) mass is 524 g/mol. The molecule has 12 heteroatoms. The summed E-state index contributed by atoms with van der Waals surface area (Å²) < 4.78 is 27.8. The van der Waals surface area contributed by atoms with E-state index < -0.39 is 74.6 Å². The number of hydrogen-bond donors (Lipinski definition) is 7. The van der Waals surface area contributed by atoms with E-state index in [0.717, 1.165) is 0 Å². The maximum Gasteiger partial charge on any atom is 0.187 e. The molecular weight excluding hydrogens is 492 g/mol. The Kier molecular flexibility index (Phi) is 9.45. The molecule has 10 atom stereocenters. The molecule has 0 bridgehead atoms. The maximum absolute atomic E-state index is 10.4. The molecule has 12 nitrogen and oxygen atoms in total. The van der Waals surface area contributed by atoms with Crippen molar-refractivity contribution in [3.8, 4) is 11.5 Å². The second-order valence-electron chi connectivity index (χ2n) is 8.92. The van der Waals surface area contributed by atoms with Gasteiger partial charge in [0, 0.05) is 0 Å². The highest BCUT2D eigenvalue weighted by Crippen LogP contribution is 2.27. The molecule has 37 heavy (non-hydrogen) atoms. The van der Waals surface area contributed by atoms with Crippen molar-refractivity contribution in [3.05, 3.63) is 60.2 Å². The SMILES string of the molecule is OC[C@H]1O[C@@H](OC[C@H]2O[C@@H](OCc3cccc(Oc4ccccc4)c3)[C@H](O)[C@@H](O)[C@@H]2O)[C@H](O)[C@@H](O)[C@@H]1O. The average molecular weight is 525 g/mol. The van der Waals surface area contributed by atoms with Crippen LogP contribution in [0.15, 0.2) is 54.6 Å². The second-order valence-corrected chi connectivity index (χ2v) is 8.92. The van der Waals surface area contributed by atoms with Crippen molar-refractivity contribution in [2.45, 2.75) is 68.0 Å². The molecule has 2 aromatic carbocycles. The van der Waals surface area contributed by atoms with Crippen molar-refractivity contribution in [3.63, 3.8) is 0 Å². The first-order valence-electron chi connectivity index (χ1n) is 11.8. The van der Waals surface area contributed by atoms with Gasteiger partial charge >= 0.3 is 0 Å². The van der Waals surface area contributed by atoms with Crippen LogP contribution in [0.1, 0.15) is 5.56 Å². The van der Waals surface area contributed by atoms with Gasteiger partial charge in [0.1, 0.15) is 60.3 Å². The van der Waals surface area contributed by atoms with Crippen molar-refractivity contribution in [2.75, 3.05) is 13.2 Å². The van der Waals surface area contributed by atoms with Gasteiger partial charge in [0.05, 0.1) is 19.8 Å². The summed E-state index contributed by atoms with van der Waals surface area (Å²) in [6, 6.07) is 16.3. The quantitative estimate of drug-likeness (QED) is 0.204. The molecule has 204 valence electrons. The molecule has 2 aliphatic heterocycles. The highest BCUT2D eigenvalue weighted by atomic mass is 16.7. The van der Waals surface area contributed by atoms with Crippen molar-refractivity contribution in [1.82, 2.24) is 0 Å². The zero-order valence-corrected chi connectivity index (χ0v) is 19.8. The van der Waals surface area contributed by atoms with Crippen molar-refractivity contribution in [2.24, 2.45) is 0 Å². The minimum absolute atomic E-state index is 0.0170. The van der Waals surface area contributed by atoms with E-state index in [1.807, 2.05) is 30.3 Å². The van der Waals surface area contributed by atoms with Crippen molar-refractivity contribution in [1.29, 1.82) is 0 Å². The third-order valence-electron chi connectivity index (χ3n) is 6.23. The summed E-state index contributed by atoms with van der Waals surface area (Å²) in [5.41, 5.74) is 0.693. The van der Waals surface area contributed by atoms with E-state index >= 15 is 0 Å². The Morgan fingerprint density at radius 2 is 1.22 bits per heavy atom. The summed E-state index contributed by atoms with van der Waals surface area (Å²) in [6.45, 7) is -1.09. The minimum Gasteiger partial charge on any atom is -0.457 e. The minimum atomic E-state index is -1.65. The van der Waals surface area contributed by atoms with E-state index in [9.17, 15) is 35.7 Å². The molecule has 2 saturated heterocycles. The number of para-hydroxylation sites is 1. The Hall–Kier alpha value is -2.20. The van der Waals surface area contributed by atoms with E-state index in [4.69, 9.17) is 23.7 Å². The maximum atomic E-state index is 10.4.